The first-order chi connectivity index (χ1) is 12.0. The van der Waals surface area contributed by atoms with Crippen LogP contribution in [0.5, 0.6) is 0 Å². The number of amides is 1. The zero-order valence-electron chi connectivity index (χ0n) is 15.6. The number of hydrogen-bond acceptors (Lipinski definition) is 8. The summed E-state index contributed by atoms with van der Waals surface area (Å²) in [6.07, 6.45) is 3.11. The van der Waals surface area contributed by atoms with Crippen molar-refractivity contribution in [3.63, 3.8) is 0 Å². The van der Waals surface area contributed by atoms with E-state index in [9.17, 15) is 13.2 Å². The third-order valence-electron chi connectivity index (χ3n) is 3.68. The SMILES string of the molecule is CC(C)(C)OC(=O)N[C@H](CCS(C)(=O)=O)c1nc(C[C@@H]2CCCO2)no1. The van der Waals surface area contributed by atoms with Gasteiger partial charge in [-0.1, -0.05) is 5.16 Å². The molecule has 0 aromatic carbocycles. The molecule has 9 nitrogen and oxygen atoms in total. The van der Waals surface area contributed by atoms with Crippen LogP contribution in [0.3, 0.4) is 0 Å². The molecular weight excluding hydrogens is 362 g/mol. The van der Waals surface area contributed by atoms with Crippen LogP contribution in [0.1, 0.15) is 57.8 Å². The van der Waals surface area contributed by atoms with Gasteiger partial charge in [0, 0.05) is 19.3 Å². The van der Waals surface area contributed by atoms with Crippen LogP contribution in [0.4, 0.5) is 4.79 Å². The second kappa shape index (κ2) is 8.34. The van der Waals surface area contributed by atoms with Crippen molar-refractivity contribution in [1.29, 1.82) is 0 Å². The Hall–Kier alpha value is -1.68. The molecule has 0 saturated carbocycles. The van der Waals surface area contributed by atoms with E-state index in [4.69, 9.17) is 14.0 Å². The van der Waals surface area contributed by atoms with E-state index in [0.29, 0.717) is 12.2 Å². The highest BCUT2D eigenvalue weighted by Crippen LogP contribution is 2.20. The molecule has 2 rings (SSSR count). The molecule has 1 aliphatic rings. The van der Waals surface area contributed by atoms with Gasteiger partial charge in [-0.3, -0.25) is 0 Å². The average molecular weight is 389 g/mol. The number of sulfone groups is 1. The lowest BCUT2D eigenvalue weighted by Crippen LogP contribution is -2.35. The summed E-state index contributed by atoms with van der Waals surface area (Å²) in [4.78, 5) is 16.4. The zero-order chi connectivity index (χ0) is 19.4. The van der Waals surface area contributed by atoms with Gasteiger partial charge in [-0.05, 0) is 40.0 Å². The van der Waals surface area contributed by atoms with Gasteiger partial charge in [0.15, 0.2) is 5.82 Å². The number of ether oxygens (including phenoxy) is 2. The van der Waals surface area contributed by atoms with Crippen LogP contribution in [-0.4, -0.2) is 55.0 Å². The zero-order valence-corrected chi connectivity index (χ0v) is 16.5. The molecule has 1 saturated heterocycles. The van der Waals surface area contributed by atoms with Crippen molar-refractivity contribution in [2.45, 2.75) is 64.2 Å². The Labute approximate surface area is 153 Å². The monoisotopic (exact) mass is 389 g/mol. The molecule has 26 heavy (non-hydrogen) atoms. The van der Waals surface area contributed by atoms with E-state index < -0.39 is 27.6 Å². The van der Waals surface area contributed by atoms with Crippen molar-refractivity contribution in [1.82, 2.24) is 15.5 Å². The molecule has 1 amide bonds. The predicted molar refractivity (Wildman–Crippen MR) is 93.4 cm³/mol. The molecule has 0 unspecified atom stereocenters. The third kappa shape index (κ3) is 7.28. The summed E-state index contributed by atoms with van der Waals surface area (Å²) >= 11 is 0. The molecular formula is C16H27N3O6S. The summed E-state index contributed by atoms with van der Waals surface area (Å²) in [5.41, 5.74) is -0.675. The Morgan fingerprint density at radius 1 is 1.42 bits per heavy atom. The normalized spacial score (nSPS) is 19.3. The highest BCUT2D eigenvalue weighted by molar-refractivity contribution is 7.90. The van der Waals surface area contributed by atoms with Gasteiger partial charge in [-0.25, -0.2) is 13.2 Å². The lowest BCUT2D eigenvalue weighted by Gasteiger charge is -2.22. The maximum absolute atomic E-state index is 12.1. The predicted octanol–water partition coefficient (Wildman–Crippen LogP) is 1.79. The number of carbonyl (C=O) groups excluding carboxylic acids is 1. The summed E-state index contributed by atoms with van der Waals surface area (Å²) in [7, 11) is -3.21. The largest absolute Gasteiger partial charge is 0.444 e. The fraction of sp³-hybridized carbons (Fsp3) is 0.812. The highest BCUT2D eigenvalue weighted by Gasteiger charge is 2.27. The van der Waals surface area contributed by atoms with Crippen molar-refractivity contribution in [3.8, 4) is 0 Å². The molecule has 2 heterocycles. The molecule has 2 atom stereocenters. The summed E-state index contributed by atoms with van der Waals surface area (Å²) in [6, 6.07) is -0.745. The standard InChI is InChI=1S/C16H27N3O6S/c1-16(2,3)24-15(20)17-12(7-9-26(4,21)22)14-18-13(19-25-14)10-11-6-5-8-23-11/h11-12H,5-10H2,1-4H3,(H,17,20)/t11-,12+/m0/s1. The number of nitrogens with one attached hydrogen (secondary N) is 1. The van der Waals surface area contributed by atoms with Crippen molar-refractivity contribution >= 4 is 15.9 Å². The number of alkyl carbamates (subject to hydrolysis) is 1. The van der Waals surface area contributed by atoms with Crippen LogP contribution >= 0.6 is 0 Å². The van der Waals surface area contributed by atoms with Gasteiger partial charge >= 0.3 is 6.09 Å². The minimum absolute atomic E-state index is 0.0636. The second-order valence-corrected chi connectivity index (χ2v) is 9.77. The Kier molecular flexibility index (Phi) is 6.62. The first kappa shape index (κ1) is 20.6. The van der Waals surface area contributed by atoms with Crippen molar-refractivity contribution < 1.29 is 27.2 Å². The van der Waals surface area contributed by atoms with Crippen LogP contribution in [0.25, 0.3) is 0 Å². The second-order valence-electron chi connectivity index (χ2n) is 7.51. The Balaban J connectivity index is 2.06. The quantitative estimate of drug-likeness (QED) is 0.749. The molecule has 1 N–H and O–H groups in total. The maximum Gasteiger partial charge on any atom is 0.408 e. The minimum Gasteiger partial charge on any atom is -0.444 e. The van der Waals surface area contributed by atoms with Crippen LogP contribution < -0.4 is 5.32 Å². The smallest absolute Gasteiger partial charge is 0.408 e. The van der Waals surface area contributed by atoms with E-state index >= 15 is 0 Å². The molecule has 0 bridgehead atoms. The topological polar surface area (TPSA) is 121 Å². The molecule has 0 spiro atoms. The van der Waals surface area contributed by atoms with Gasteiger partial charge < -0.3 is 19.3 Å². The fourth-order valence-electron chi connectivity index (χ4n) is 2.54. The molecule has 1 aromatic rings. The first-order valence-electron chi connectivity index (χ1n) is 8.63. The maximum atomic E-state index is 12.1. The van der Waals surface area contributed by atoms with Crippen molar-refractivity contribution in [3.05, 3.63) is 11.7 Å². The van der Waals surface area contributed by atoms with E-state index in [1.165, 1.54) is 0 Å². The highest BCUT2D eigenvalue weighted by atomic mass is 32.2. The van der Waals surface area contributed by atoms with Crippen LogP contribution in [-0.2, 0) is 25.7 Å². The lowest BCUT2D eigenvalue weighted by molar-refractivity contribution is 0.0492. The molecule has 1 fully saturated rings. The molecule has 1 aromatic heterocycles. The van der Waals surface area contributed by atoms with Gasteiger partial charge in [0.25, 0.3) is 0 Å². The first-order valence-corrected chi connectivity index (χ1v) is 10.7. The molecule has 148 valence electrons. The number of rotatable bonds is 7. The summed E-state index contributed by atoms with van der Waals surface area (Å²) < 4.78 is 39.0. The van der Waals surface area contributed by atoms with Gasteiger partial charge in [0.1, 0.15) is 21.5 Å². The van der Waals surface area contributed by atoms with Gasteiger partial charge in [-0.15, -0.1) is 0 Å². The van der Waals surface area contributed by atoms with E-state index in [1.807, 2.05) is 0 Å². The van der Waals surface area contributed by atoms with Gasteiger partial charge in [0.05, 0.1) is 11.9 Å². The minimum atomic E-state index is -3.21. The van der Waals surface area contributed by atoms with Gasteiger partial charge in [0.2, 0.25) is 5.89 Å². The molecule has 10 heteroatoms. The number of aromatic nitrogens is 2. The van der Waals surface area contributed by atoms with Crippen molar-refractivity contribution in [2.24, 2.45) is 0 Å². The molecule has 0 aliphatic carbocycles. The Bertz CT molecular complexity index is 704. The average Bonchev–Trinajstić information content (AvgIpc) is 3.13. The summed E-state index contributed by atoms with van der Waals surface area (Å²) in [5, 5.41) is 6.54. The van der Waals surface area contributed by atoms with Crippen LogP contribution in [0.2, 0.25) is 0 Å². The lowest BCUT2D eigenvalue weighted by atomic mass is 10.2. The van der Waals surface area contributed by atoms with E-state index in [2.05, 4.69) is 15.5 Å². The number of nitrogens with zero attached hydrogens (tertiary/aromatic N) is 2. The van der Waals surface area contributed by atoms with Crippen LogP contribution in [0, 0.1) is 0 Å². The molecule has 0 radical (unpaired) electrons. The van der Waals surface area contributed by atoms with Crippen LogP contribution in [0.15, 0.2) is 4.52 Å². The fourth-order valence-corrected chi connectivity index (χ4v) is 3.20. The van der Waals surface area contributed by atoms with Crippen molar-refractivity contribution in [2.75, 3.05) is 18.6 Å². The number of hydrogen-bond donors (Lipinski definition) is 1. The van der Waals surface area contributed by atoms with Gasteiger partial charge in [-0.2, -0.15) is 4.98 Å². The summed E-state index contributed by atoms with van der Waals surface area (Å²) in [5.74, 6) is 0.506. The third-order valence-corrected chi connectivity index (χ3v) is 4.66. The number of carbonyl (C=O) groups is 1. The Morgan fingerprint density at radius 3 is 2.73 bits per heavy atom. The summed E-state index contributed by atoms with van der Waals surface area (Å²) in [6.45, 7) is 5.95. The Morgan fingerprint density at radius 2 is 2.15 bits per heavy atom. The van der Waals surface area contributed by atoms with E-state index in [-0.39, 0.29) is 24.2 Å². The molecule has 1 aliphatic heterocycles. The van der Waals surface area contributed by atoms with E-state index in [1.54, 1.807) is 20.8 Å². The van der Waals surface area contributed by atoms with E-state index in [0.717, 1.165) is 25.7 Å².